The maximum Gasteiger partial charge on any atom is 0.157 e. The van der Waals surface area contributed by atoms with E-state index < -0.39 is 0 Å². The predicted octanol–water partition coefficient (Wildman–Crippen LogP) is 4.42. The number of nitrogens with one attached hydrogen (secondary N) is 1. The molecule has 20 heavy (non-hydrogen) atoms. The second kappa shape index (κ2) is 7.00. The number of benzene rings is 2. The zero-order valence-electron chi connectivity index (χ0n) is 10.5. The van der Waals surface area contributed by atoms with Crippen LogP contribution in [0, 0.1) is 17.3 Å². The summed E-state index contributed by atoms with van der Waals surface area (Å²) in [6, 6.07) is 12.6. The highest BCUT2D eigenvalue weighted by molar-refractivity contribution is 6.37. The lowest BCUT2D eigenvalue weighted by Gasteiger charge is -2.05. The highest BCUT2D eigenvalue weighted by atomic mass is 35.5. The molecule has 0 atom stereocenters. The Morgan fingerprint density at radius 2 is 1.70 bits per heavy atom. The van der Waals surface area contributed by atoms with E-state index in [0.29, 0.717) is 15.8 Å². The van der Waals surface area contributed by atoms with Crippen LogP contribution in [-0.2, 0) is 0 Å². The highest BCUT2D eigenvalue weighted by Gasteiger charge is 2.04. The number of hydrogen-bond donors (Lipinski definition) is 1. The summed E-state index contributed by atoms with van der Waals surface area (Å²) >= 11 is 12.0. The Bertz CT molecular complexity index is 649. The van der Waals surface area contributed by atoms with Gasteiger partial charge in [-0.05, 0) is 29.8 Å². The summed E-state index contributed by atoms with van der Waals surface area (Å²) in [5.41, 5.74) is 1.71. The maximum atomic E-state index is 7.11. The zero-order chi connectivity index (χ0) is 14.4. The van der Waals surface area contributed by atoms with E-state index in [1.54, 1.807) is 18.2 Å². The lowest BCUT2D eigenvalue weighted by atomic mass is 10.1. The van der Waals surface area contributed by atoms with Crippen LogP contribution < -0.4 is 4.74 Å². The first-order valence-electron chi connectivity index (χ1n) is 5.87. The van der Waals surface area contributed by atoms with E-state index in [1.165, 1.54) is 6.21 Å². The molecule has 1 N–H and O–H groups in total. The van der Waals surface area contributed by atoms with Crippen molar-refractivity contribution in [2.24, 2.45) is 0 Å². The van der Waals surface area contributed by atoms with Crippen molar-refractivity contribution in [1.29, 1.82) is 5.41 Å². The highest BCUT2D eigenvalue weighted by Crippen LogP contribution is 2.32. The Balaban J connectivity index is 1.99. The molecule has 0 aliphatic carbocycles. The van der Waals surface area contributed by atoms with Crippen LogP contribution in [0.25, 0.3) is 0 Å². The topological polar surface area (TPSA) is 33.1 Å². The molecule has 100 valence electrons. The third-order valence-electron chi connectivity index (χ3n) is 2.52. The molecular weight excluding hydrogens is 293 g/mol. The van der Waals surface area contributed by atoms with Crippen molar-refractivity contribution in [3.8, 4) is 17.6 Å². The summed E-state index contributed by atoms with van der Waals surface area (Å²) in [6.45, 7) is 0.204. The van der Waals surface area contributed by atoms with Crippen LogP contribution in [0.1, 0.15) is 11.1 Å². The molecule has 0 unspecified atom stereocenters. The smallest absolute Gasteiger partial charge is 0.157 e. The molecule has 0 saturated carbocycles. The van der Waals surface area contributed by atoms with E-state index in [2.05, 4.69) is 11.8 Å². The fourth-order valence-corrected chi connectivity index (χ4v) is 2.04. The largest absolute Gasteiger partial charge is 0.478 e. The summed E-state index contributed by atoms with van der Waals surface area (Å²) in [7, 11) is 0. The molecule has 2 nitrogen and oxygen atoms in total. The fraction of sp³-hybridized carbons (Fsp3) is 0.0625. The van der Waals surface area contributed by atoms with Gasteiger partial charge in [0.1, 0.15) is 6.61 Å². The molecule has 0 heterocycles. The summed E-state index contributed by atoms with van der Waals surface area (Å²) in [6.07, 6.45) is 1.29. The molecule has 0 bridgehead atoms. The van der Waals surface area contributed by atoms with E-state index in [4.69, 9.17) is 33.3 Å². The molecule has 0 aliphatic rings. The molecule has 0 spiro atoms. The normalized spacial score (nSPS) is 9.50. The van der Waals surface area contributed by atoms with Crippen molar-refractivity contribution < 1.29 is 4.74 Å². The van der Waals surface area contributed by atoms with Crippen LogP contribution in [-0.4, -0.2) is 12.8 Å². The lowest BCUT2D eigenvalue weighted by molar-refractivity contribution is 0.370. The molecule has 0 aromatic heterocycles. The lowest BCUT2D eigenvalue weighted by Crippen LogP contribution is -1.95. The monoisotopic (exact) mass is 303 g/mol. The Morgan fingerprint density at radius 1 is 1.05 bits per heavy atom. The van der Waals surface area contributed by atoms with E-state index in [1.807, 2.05) is 24.3 Å². The second-order valence-corrected chi connectivity index (χ2v) is 4.72. The SMILES string of the molecule is N=Cc1ccc(C#CCOc2c(Cl)cccc2Cl)cc1. The van der Waals surface area contributed by atoms with Gasteiger partial charge in [0.05, 0.1) is 10.0 Å². The third kappa shape index (κ3) is 3.77. The number of para-hydroxylation sites is 1. The van der Waals surface area contributed by atoms with Gasteiger partial charge in [0, 0.05) is 11.8 Å². The van der Waals surface area contributed by atoms with Gasteiger partial charge in [0.2, 0.25) is 0 Å². The number of ether oxygens (including phenoxy) is 1. The second-order valence-electron chi connectivity index (χ2n) is 3.91. The first-order chi connectivity index (χ1) is 9.70. The van der Waals surface area contributed by atoms with E-state index >= 15 is 0 Å². The predicted molar refractivity (Wildman–Crippen MR) is 83.2 cm³/mol. The molecule has 0 saturated heterocycles. The average Bonchev–Trinajstić information content (AvgIpc) is 2.46. The minimum Gasteiger partial charge on any atom is -0.478 e. The Labute approximate surface area is 127 Å². The molecule has 2 aromatic rings. The van der Waals surface area contributed by atoms with Crippen LogP contribution in [0.15, 0.2) is 42.5 Å². The van der Waals surface area contributed by atoms with Gasteiger partial charge < -0.3 is 10.1 Å². The van der Waals surface area contributed by atoms with Gasteiger partial charge in [-0.3, -0.25) is 0 Å². The van der Waals surface area contributed by atoms with Crippen molar-refractivity contribution in [2.75, 3.05) is 6.61 Å². The Hall–Kier alpha value is -1.95. The van der Waals surface area contributed by atoms with Crippen molar-refractivity contribution >= 4 is 29.4 Å². The number of halogens is 2. The Kier molecular flexibility index (Phi) is 5.06. The van der Waals surface area contributed by atoms with E-state index in [9.17, 15) is 0 Å². The molecule has 2 rings (SSSR count). The first kappa shape index (κ1) is 14.5. The van der Waals surface area contributed by atoms with Crippen LogP contribution in [0.2, 0.25) is 10.0 Å². The van der Waals surface area contributed by atoms with E-state index in [0.717, 1.165) is 11.1 Å². The standard InChI is InChI=1S/C16H11Cl2NO/c17-14-4-1-5-15(18)16(14)20-10-2-3-12-6-8-13(11-19)9-7-12/h1,4-9,11,19H,10H2. The van der Waals surface area contributed by atoms with Crippen LogP contribution in [0.4, 0.5) is 0 Å². The fourth-order valence-electron chi connectivity index (χ4n) is 1.53. The third-order valence-corrected chi connectivity index (χ3v) is 3.11. The number of rotatable bonds is 3. The zero-order valence-corrected chi connectivity index (χ0v) is 12.0. The summed E-state index contributed by atoms with van der Waals surface area (Å²) < 4.78 is 5.46. The molecule has 0 radical (unpaired) electrons. The van der Waals surface area contributed by atoms with Crippen molar-refractivity contribution in [1.82, 2.24) is 0 Å². The minimum absolute atomic E-state index is 0.204. The molecular formula is C16H11Cl2NO. The van der Waals surface area contributed by atoms with Crippen molar-refractivity contribution in [2.45, 2.75) is 0 Å². The van der Waals surface area contributed by atoms with Crippen LogP contribution in [0.3, 0.4) is 0 Å². The number of hydrogen-bond acceptors (Lipinski definition) is 2. The molecule has 0 aliphatic heterocycles. The van der Waals surface area contributed by atoms with Gasteiger partial charge in [-0.15, -0.1) is 0 Å². The Morgan fingerprint density at radius 3 is 2.30 bits per heavy atom. The van der Waals surface area contributed by atoms with Gasteiger partial charge in [-0.1, -0.05) is 53.2 Å². The summed E-state index contributed by atoms with van der Waals surface area (Å²) in [5.74, 6) is 6.31. The summed E-state index contributed by atoms with van der Waals surface area (Å²) in [4.78, 5) is 0. The quantitative estimate of drug-likeness (QED) is 0.661. The maximum absolute atomic E-state index is 7.11. The van der Waals surface area contributed by atoms with Gasteiger partial charge >= 0.3 is 0 Å². The van der Waals surface area contributed by atoms with Gasteiger partial charge in [0.25, 0.3) is 0 Å². The van der Waals surface area contributed by atoms with Gasteiger partial charge in [0.15, 0.2) is 5.75 Å². The van der Waals surface area contributed by atoms with Crippen molar-refractivity contribution in [3.05, 3.63) is 63.6 Å². The van der Waals surface area contributed by atoms with Gasteiger partial charge in [-0.25, -0.2) is 0 Å². The minimum atomic E-state index is 0.204. The average molecular weight is 304 g/mol. The van der Waals surface area contributed by atoms with Crippen LogP contribution in [0.5, 0.6) is 5.75 Å². The molecule has 4 heteroatoms. The molecule has 0 amide bonds. The van der Waals surface area contributed by atoms with Crippen molar-refractivity contribution in [3.63, 3.8) is 0 Å². The molecule has 2 aromatic carbocycles. The first-order valence-corrected chi connectivity index (χ1v) is 6.62. The summed E-state index contributed by atoms with van der Waals surface area (Å²) in [5, 5.41) is 8.05. The van der Waals surface area contributed by atoms with Gasteiger partial charge in [-0.2, -0.15) is 0 Å². The molecule has 0 fully saturated rings. The van der Waals surface area contributed by atoms with E-state index in [-0.39, 0.29) is 6.61 Å². The van der Waals surface area contributed by atoms with Crippen LogP contribution >= 0.6 is 23.2 Å².